The van der Waals surface area contributed by atoms with Crippen molar-refractivity contribution in [3.63, 3.8) is 0 Å². The van der Waals surface area contributed by atoms with E-state index in [1.54, 1.807) is 0 Å². The summed E-state index contributed by atoms with van der Waals surface area (Å²) in [4.78, 5) is 26.7. The Kier molecular flexibility index (Phi) is 6.50. The van der Waals surface area contributed by atoms with Gasteiger partial charge in [0.05, 0.1) is 23.7 Å². The maximum Gasteiger partial charge on any atom is 0.337 e. The van der Waals surface area contributed by atoms with E-state index in [0.29, 0.717) is 19.8 Å². The van der Waals surface area contributed by atoms with Crippen molar-refractivity contribution in [2.24, 2.45) is 0 Å². The summed E-state index contributed by atoms with van der Waals surface area (Å²) in [5.41, 5.74) is -0.599. The fraction of sp³-hybridized carbons (Fsp3) is 0.500. The van der Waals surface area contributed by atoms with Crippen LogP contribution >= 0.6 is 0 Å². The number of anilines is 1. The molecule has 0 fully saturated rings. The van der Waals surface area contributed by atoms with Crippen LogP contribution in [0.2, 0.25) is 0 Å². The van der Waals surface area contributed by atoms with Crippen molar-refractivity contribution in [1.82, 2.24) is 9.88 Å². The molecule has 1 rings (SSSR count). The third-order valence-electron chi connectivity index (χ3n) is 2.53. The molecule has 116 valence electrons. The minimum atomic E-state index is -1.26. The Hall–Kier alpha value is -2.26. The zero-order chi connectivity index (χ0) is 15.8. The van der Waals surface area contributed by atoms with Crippen molar-refractivity contribution in [2.45, 2.75) is 0 Å². The van der Waals surface area contributed by atoms with Gasteiger partial charge in [-0.05, 0) is 14.1 Å². The molecular formula is C12H18N4O5. The first-order valence-corrected chi connectivity index (χ1v) is 6.26. The molecular weight excluding hydrogens is 280 g/mol. The first-order chi connectivity index (χ1) is 9.91. The van der Waals surface area contributed by atoms with Gasteiger partial charge in [-0.1, -0.05) is 0 Å². The van der Waals surface area contributed by atoms with Crippen molar-refractivity contribution >= 4 is 17.5 Å². The number of hydrogen-bond acceptors (Lipinski definition) is 7. The van der Waals surface area contributed by atoms with Crippen LogP contribution in [0.4, 0.5) is 11.5 Å². The zero-order valence-corrected chi connectivity index (χ0v) is 11.9. The Morgan fingerprint density at radius 2 is 2.24 bits per heavy atom. The average molecular weight is 298 g/mol. The van der Waals surface area contributed by atoms with Crippen LogP contribution in [0.25, 0.3) is 0 Å². The van der Waals surface area contributed by atoms with Gasteiger partial charge in [0.1, 0.15) is 0 Å². The van der Waals surface area contributed by atoms with Crippen LogP contribution < -0.4 is 5.32 Å². The number of nitrogens with zero attached hydrogens (tertiary/aromatic N) is 3. The number of likely N-dealkylation sites (N-methyl/N-ethyl adjacent to an activating group) is 1. The molecule has 9 heteroatoms. The van der Waals surface area contributed by atoms with Crippen molar-refractivity contribution in [3.05, 3.63) is 27.9 Å². The lowest BCUT2D eigenvalue weighted by molar-refractivity contribution is -0.384. The number of nitro groups is 1. The van der Waals surface area contributed by atoms with Crippen LogP contribution in [-0.4, -0.2) is 66.3 Å². The first-order valence-electron chi connectivity index (χ1n) is 6.26. The van der Waals surface area contributed by atoms with Crippen molar-refractivity contribution in [3.8, 4) is 0 Å². The van der Waals surface area contributed by atoms with Crippen molar-refractivity contribution < 1.29 is 19.6 Å². The van der Waals surface area contributed by atoms with Crippen molar-refractivity contribution in [2.75, 3.05) is 45.7 Å². The number of aromatic carboxylic acids is 1. The lowest BCUT2D eigenvalue weighted by Crippen LogP contribution is -2.20. The molecule has 0 amide bonds. The maximum atomic E-state index is 10.9. The second-order valence-electron chi connectivity index (χ2n) is 4.50. The Bertz CT molecular complexity index is 506. The summed E-state index contributed by atoms with van der Waals surface area (Å²) in [5, 5.41) is 22.5. The normalized spacial score (nSPS) is 10.6. The molecule has 0 unspecified atom stereocenters. The quantitative estimate of drug-likeness (QED) is 0.388. The molecule has 0 spiro atoms. The van der Waals surface area contributed by atoms with E-state index in [9.17, 15) is 14.9 Å². The summed E-state index contributed by atoms with van der Waals surface area (Å²) < 4.78 is 5.33. The number of rotatable bonds is 9. The van der Waals surface area contributed by atoms with Gasteiger partial charge in [0, 0.05) is 25.4 Å². The summed E-state index contributed by atoms with van der Waals surface area (Å²) in [6, 6.07) is 0.977. The van der Waals surface area contributed by atoms with Gasteiger partial charge in [0.15, 0.2) is 0 Å². The summed E-state index contributed by atoms with van der Waals surface area (Å²) >= 11 is 0. The van der Waals surface area contributed by atoms with E-state index < -0.39 is 10.9 Å². The molecule has 1 aromatic heterocycles. The van der Waals surface area contributed by atoms with E-state index in [1.165, 1.54) is 0 Å². The molecule has 9 nitrogen and oxygen atoms in total. The van der Waals surface area contributed by atoms with E-state index in [0.717, 1.165) is 18.8 Å². The van der Waals surface area contributed by atoms with Gasteiger partial charge in [-0.2, -0.15) is 0 Å². The van der Waals surface area contributed by atoms with E-state index >= 15 is 0 Å². The third-order valence-corrected chi connectivity index (χ3v) is 2.53. The van der Waals surface area contributed by atoms with Crippen LogP contribution in [-0.2, 0) is 4.74 Å². The standard InChI is InChI=1S/C12H18N4O5/c1-15(2)4-6-21-5-3-13-11-10(16(19)20)7-9(8-14-11)12(17)18/h7-8H,3-6H2,1-2H3,(H,13,14)(H,17,18). The predicted octanol–water partition coefficient (Wildman–Crippen LogP) is 0.678. The van der Waals surface area contributed by atoms with Gasteiger partial charge < -0.3 is 20.1 Å². The molecule has 2 N–H and O–H groups in total. The molecule has 21 heavy (non-hydrogen) atoms. The number of nitrogens with one attached hydrogen (secondary N) is 1. The number of aromatic nitrogens is 1. The van der Waals surface area contributed by atoms with Crippen molar-refractivity contribution in [1.29, 1.82) is 0 Å². The zero-order valence-electron chi connectivity index (χ0n) is 11.9. The number of carboxylic acids is 1. The highest BCUT2D eigenvalue weighted by atomic mass is 16.6. The van der Waals surface area contributed by atoms with E-state index in [1.807, 2.05) is 19.0 Å². The summed E-state index contributed by atoms with van der Waals surface area (Å²) in [7, 11) is 3.86. The molecule has 0 saturated carbocycles. The predicted molar refractivity (Wildman–Crippen MR) is 75.7 cm³/mol. The highest BCUT2D eigenvalue weighted by Crippen LogP contribution is 2.22. The number of ether oxygens (including phenoxy) is 1. The van der Waals surface area contributed by atoms with Crippen LogP contribution in [0.1, 0.15) is 10.4 Å². The van der Waals surface area contributed by atoms with Crippen LogP contribution in [0.5, 0.6) is 0 Å². The summed E-state index contributed by atoms with van der Waals surface area (Å²) in [6.45, 7) is 2.05. The minimum absolute atomic E-state index is 0.0289. The number of hydrogen-bond donors (Lipinski definition) is 2. The Morgan fingerprint density at radius 3 is 2.81 bits per heavy atom. The second-order valence-corrected chi connectivity index (χ2v) is 4.50. The van der Waals surface area contributed by atoms with Gasteiger partial charge >= 0.3 is 11.7 Å². The van der Waals surface area contributed by atoms with E-state index in [4.69, 9.17) is 9.84 Å². The third kappa shape index (κ3) is 5.71. The molecule has 1 heterocycles. The summed E-state index contributed by atoms with van der Waals surface area (Å²) in [6.07, 6.45) is 1.07. The fourth-order valence-corrected chi connectivity index (χ4v) is 1.44. The number of pyridine rings is 1. The molecule has 0 aliphatic rings. The molecule has 0 aromatic carbocycles. The largest absolute Gasteiger partial charge is 0.478 e. The minimum Gasteiger partial charge on any atom is -0.478 e. The van der Waals surface area contributed by atoms with Gasteiger partial charge in [-0.3, -0.25) is 10.1 Å². The lowest BCUT2D eigenvalue weighted by atomic mass is 10.2. The summed E-state index contributed by atoms with van der Waals surface area (Å²) in [5.74, 6) is -1.23. The second kappa shape index (κ2) is 8.12. The number of carbonyl (C=O) groups is 1. The van der Waals surface area contributed by atoms with Gasteiger partial charge in [0.25, 0.3) is 0 Å². The molecule has 0 aliphatic heterocycles. The molecule has 0 atom stereocenters. The molecule has 0 saturated heterocycles. The lowest BCUT2D eigenvalue weighted by Gasteiger charge is -2.10. The number of carboxylic acid groups (broad SMARTS) is 1. The van der Waals surface area contributed by atoms with E-state index in [2.05, 4.69) is 10.3 Å². The molecule has 0 bridgehead atoms. The van der Waals surface area contributed by atoms with Crippen LogP contribution in [0.15, 0.2) is 12.3 Å². The van der Waals surface area contributed by atoms with Gasteiger partial charge in [0.2, 0.25) is 5.82 Å². The monoisotopic (exact) mass is 298 g/mol. The topological polar surface area (TPSA) is 118 Å². The Labute approximate surface area is 121 Å². The Morgan fingerprint density at radius 1 is 1.52 bits per heavy atom. The van der Waals surface area contributed by atoms with Gasteiger partial charge in [-0.25, -0.2) is 9.78 Å². The first kappa shape index (κ1) is 16.8. The highest BCUT2D eigenvalue weighted by molar-refractivity contribution is 5.88. The maximum absolute atomic E-state index is 10.9. The smallest absolute Gasteiger partial charge is 0.337 e. The Balaban J connectivity index is 2.54. The SMILES string of the molecule is CN(C)CCOCCNc1ncc(C(=O)O)cc1[N+](=O)[O-]. The van der Waals surface area contributed by atoms with E-state index in [-0.39, 0.29) is 17.1 Å². The molecule has 1 aromatic rings. The van der Waals surface area contributed by atoms with Gasteiger partial charge in [-0.15, -0.1) is 0 Å². The van der Waals surface area contributed by atoms with Crippen LogP contribution in [0.3, 0.4) is 0 Å². The molecule has 0 aliphatic carbocycles. The molecule has 0 radical (unpaired) electrons. The van der Waals surface area contributed by atoms with Crippen LogP contribution in [0, 0.1) is 10.1 Å². The fourth-order valence-electron chi connectivity index (χ4n) is 1.44. The average Bonchev–Trinajstić information content (AvgIpc) is 2.42. The highest BCUT2D eigenvalue weighted by Gasteiger charge is 2.18.